The number of nitro benzene ring substituents is 1. The van der Waals surface area contributed by atoms with Gasteiger partial charge in [0.2, 0.25) is 5.78 Å². The zero-order valence-electron chi connectivity index (χ0n) is 14.9. The summed E-state index contributed by atoms with van der Waals surface area (Å²) in [6, 6.07) is 21.9. The lowest BCUT2D eigenvalue weighted by Gasteiger charge is -2.05. The van der Waals surface area contributed by atoms with E-state index in [1.165, 1.54) is 23.9 Å². The van der Waals surface area contributed by atoms with E-state index in [1.54, 1.807) is 66.7 Å². The third-order valence-corrected chi connectivity index (χ3v) is 5.26. The number of Topliss-reactive ketones (excluding diaryl/α,β-unsaturated/α-hetero) is 1. The van der Waals surface area contributed by atoms with Crippen molar-refractivity contribution in [2.45, 2.75) is 9.79 Å². The van der Waals surface area contributed by atoms with E-state index < -0.39 is 10.7 Å². The van der Waals surface area contributed by atoms with E-state index in [2.05, 4.69) is 0 Å². The number of hydrogen-bond donors (Lipinski definition) is 0. The third kappa shape index (κ3) is 5.11. The van der Waals surface area contributed by atoms with Gasteiger partial charge in [-0.05, 0) is 42.0 Å². The second kappa shape index (κ2) is 9.20. The van der Waals surface area contributed by atoms with Crippen LogP contribution in [0.3, 0.4) is 0 Å². The van der Waals surface area contributed by atoms with E-state index in [-0.39, 0.29) is 11.3 Å². The third-order valence-electron chi connectivity index (χ3n) is 3.93. The fourth-order valence-electron chi connectivity index (χ4n) is 2.54. The van der Waals surface area contributed by atoms with Crippen LogP contribution in [0.25, 0.3) is 6.08 Å². The van der Waals surface area contributed by atoms with Crippen molar-refractivity contribution in [1.29, 1.82) is 5.26 Å². The number of nitrogens with zero attached hydrogens (tertiary/aromatic N) is 2. The van der Waals surface area contributed by atoms with Crippen LogP contribution in [0.5, 0.6) is 0 Å². The number of carbonyl (C=O) groups is 1. The molecule has 0 amide bonds. The quantitative estimate of drug-likeness (QED) is 0.156. The van der Waals surface area contributed by atoms with Crippen LogP contribution in [0.4, 0.5) is 5.69 Å². The molecule has 3 rings (SSSR count). The first kappa shape index (κ1) is 20.3. The van der Waals surface area contributed by atoms with Crippen molar-refractivity contribution in [3.05, 3.63) is 105 Å². The van der Waals surface area contributed by atoms with Gasteiger partial charge in [-0.1, -0.05) is 59.8 Å². The first-order chi connectivity index (χ1) is 14.0. The lowest BCUT2D eigenvalue weighted by Crippen LogP contribution is -2.01. The smallest absolute Gasteiger partial charge is 0.283 e. The van der Waals surface area contributed by atoms with Crippen LogP contribution in [0.2, 0.25) is 5.02 Å². The number of nitriles is 1. The molecular weight excluding hydrogens is 408 g/mol. The largest absolute Gasteiger partial charge is 0.288 e. The maximum atomic E-state index is 12.5. The molecule has 5 nitrogen and oxygen atoms in total. The molecule has 0 radical (unpaired) electrons. The second-order valence-electron chi connectivity index (χ2n) is 5.91. The summed E-state index contributed by atoms with van der Waals surface area (Å²) >= 11 is 7.11. The average Bonchev–Trinajstić information content (AvgIpc) is 2.74. The minimum absolute atomic E-state index is 0.0939. The van der Waals surface area contributed by atoms with Gasteiger partial charge in [0.1, 0.15) is 11.6 Å². The van der Waals surface area contributed by atoms with Crippen LogP contribution in [-0.4, -0.2) is 10.7 Å². The predicted molar refractivity (Wildman–Crippen MR) is 113 cm³/mol. The van der Waals surface area contributed by atoms with Gasteiger partial charge in [-0.3, -0.25) is 14.9 Å². The Labute approximate surface area is 176 Å². The van der Waals surface area contributed by atoms with Crippen molar-refractivity contribution in [3.8, 4) is 6.07 Å². The molecular formula is C22H13ClN2O3S. The average molecular weight is 421 g/mol. The minimum Gasteiger partial charge on any atom is -0.288 e. The van der Waals surface area contributed by atoms with Crippen molar-refractivity contribution in [2.75, 3.05) is 0 Å². The van der Waals surface area contributed by atoms with Crippen LogP contribution < -0.4 is 0 Å². The first-order valence-electron chi connectivity index (χ1n) is 8.41. The molecule has 142 valence electrons. The summed E-state index contributed by atoms with van der Waals surface area (Å²) in [6.45, 7) is 0. The fraction of sp³-hybridized carbons (Fsp3) is 0. The summed E-state index contributed by atoms with van der Waals surface area (Å²) in [6.07, 6.45) is 1.36. The van der Waals surface area contributed by atoms with Gasteiger partial charge in [0.15, 0.2) is 0 Å². The van der Waals surface area contributed by atoms with Crippen LogP contribution in [0, 0.1) is 21.4 Å². The molecule has 0 aliphatic heterocycles. The zero-order chi connectivity index (χ0) is 20.8. The zero-order valence-corrected chi connectivity index (χ0v) is 16.5. The Bertz CT molecular complexity index is 1140. The summed E-state index contributed by atoms with van der Waals surface area (Å²) in [5.41, 5.74) is 0.578. The monoisotopic (exact) mass is 420 g/mol. The van der Waals surface area contributed by atoms with Gasteiger partial charge in [0.25, 0.3) is 5.69 Å². The van der Waals surface area contributed by atoms with Crippen molar-refractivity contribution in [1.82, 2.24) is 0 Å². The Hall–Kier alpha value is -3.40. The number of nitro groups is 1. The predicted octanol–water partition coefficient (Wildman–Crippen LogP) is 6.19. The van der Waals surface area contributed by atoms with Gasteiger partial charge in [-0.15, -0.1) is 0 Å². The molecule has 0 aliphatic rings. The fourth-order valence-corrected chi connectivity index (χ4v) is 3.57. The molecule has 0 unspecified atom stereocenters. The number of ketones is 1. The van der Waals surface area contributed by atoms with E-state index in [4.69, 9.17) is 11.6 Å². The van der Waals surface area contributed by atoms with E-state index in [1.807, 2.05) is 6.07 Å². The summed E-state index contributed by atoms with van der Waals surface area (Å²) in [4.78, 5) is 24.8. The van der Waals surface area contributed by atoms with Crippen molar-refractivity contribution >= 4 is 40.9 Å². The van der Waals surface area contributed by atoms with Crippen molar-refractivity contribution < 1.29 is 9.72 Å². The molecule has 0 saturated carbocycles. The van der Waals surface area contributed by atoms with E-state index in [0.29, 0.717) is 21.0 Å². The number of carbonyl (C=O) groups excluding carboxylic acids is 1. The number of allylic oxidation sites excluding steroid dienone is 1. The maximum Gasteiger partial charge on any atom is 0.283 e. The number of benzene rings is 3. The Morgan fingerprint density at radius 3 is 2.38 bits per heavy atom. The van der Waals surface area contributed by atoms with Crippen LogP contribution >= 0.6 is 23.4 Å². The molecule has 0 spiro atoms. The topological polar surface area (TPSA) is 84.0 Å². The van der Waals surface area contributed by atoms with Crippen LogP contribution in [-0.2, 0) is 0 Å². The van der Waals surface area contributed by atoms with Gasteiger partial charge in [0.05, 0.1) is 9.82 Å². The van der Waals surface area contributed by atoms with Crippen molar-refractivity contribution in [3.63, 3.8) is 0 Å². The highest BCUT2D eigenvalue weighted by Crippen LogP contribution is 2.36. The van der Waals surface area contributed by atoms with E-state index in [0.717, 1.165) is 4.90 Å². The van der Waals surface area contributed by atoms with Gasteiger partial charge in [-0.2, -0.15) is 5.26 Å². The minimum atomic E-state index is -0.485. The Morgan fingerprint density at radius 2 is 1.76 bits per heavy atom. The lowest BCUT2D eigenvalue weighted by atomic mass is 10.0. The molecule has 0 aliphatic carbocycles. The highest BCUT2D eigenvalue weighted by atomic mass is 35.5. The number of rotatable bonds is 6. The molecule has 0 saturated heterocycles. The Morgan fingerprint density at radius 1 is 1.07 bits per heavy atom. The second-order valence-corrected chi connectivity index (χ2v) is 7.46. The highest BCUT2D eigenvalue weighted by Gasteiger charge is 2.17. The van der Waals surface area contributed by atoms with Crippen LogP contribution in [0.1, 0.15) is 15.9 Å². The van der Waals surface area contributed by atoms with Gasteiger partial charge >= 0.3 is 0 Å². The molecule has 29 heavy (non-hydrogen) atoms. The summed E-state index contributed by atoms with van der Waals surface area (Å²) < 4.78 is 0. The standard InChI is InChI=1S/C22H13ClN2O3S/c23-18-7-9-19(10-8-18)29-21-11-6-15(13-20(21)25(27)28)12-17(14-24)22(26)16-4-2-1-3-5-16/h1-13H/b17-12-. The molecule has 0 atom stereocenters. The van der Waals surface area contributed by atoms with E-state index in [9.17, 15) is 20.2 Å². The summed E-state index contributed by atoms with van der Waals surface area (Å²) in [7, 11) is 0. The Kier molecular flexibility index (Phi) is 6.45. The molecule has 7 heteroatoms. The normalized spacial score (nSPS) is 11.0. The first-order valence-corrected chi connectivity index (χ1v) is 9.61. The molecule has 0 aromatic heterocycles. The van der Waals surface area contributed by atoms with Crippen molar-refractivity contribution in [2.24, 2.45) is 0 Å². The molecule has 0 fully saturated rings. The Balaban J connectivity index is 1.94. The summed E-state index contributed by atoms with van der Waals surface area (Å²) in [5, 5.41) is 21.5. The molecule has 0 N–H and O–H groups in total. The lowest BCUT2D eigenvalue weighted by molar-refractivity contribution is -0.387. The van der Waals surface area contributed by atoms with Gasteiger partial charge in [0, 0.05) is 21.5 Å². The summed E-state index contributed by atoms with van der Waals surface area (Å²) in [5.74, 6) is -0.435. The van der Waals surface area contributed by atoms with Gasteiger partial charge in [-0.25, -0.2) is 0 Å². The number of hydrogen-bond acceptors (Lipinski definition) is 5. The van der Waals surface area contributed by atoms with Crippen LogP contribution in [0.15, 0.2) is 88.2 Å². The molecule has 3 aromatic rings. The van der Waals surface area contributed by atoms with E-state index >= 15 is 0 Å². The maximum absolute atomic E-state index is 12.5. The van der Waals surface area contributed by atoms with Gasteiger partial charge < -0.3 is 0 Å². The molecule has 0 bridgehead atoms. The molecule has 0 heterocycles. The molecule has 3 aromatic carbocycles. The highest BCUT2D eigenvalue weighted by molar-refractivity contribution is 7.99. The number of halogens is 1. The SMILES string of the molecule is N#C/C(=C/c1ccc(Sc2ccc(Cl)cc2)c([N+](=O)[O-])c1)C(=O)c1ccccc1.